The minimum atomic E-state index is -0.237. The molecular formula is C15H13Br2F. The van der Waals surface area contributed by atoms with E-state index in [2.05, 4.69) is 63.9 Å². The lowest BCUT2D eigenvalue weighted by molar-refractivity contribution is 0.620. The molecule has 0 spiro atoms. The van der Waals surface area contributed by atoms with Gasteiger partial charge < -0.3 is 0 Å². The van der Waals surface area contributed by atoms with Crippen LogP contribution >= 0.6 is 31.9 Å². The van der Waals surface area contributed by atoms with E-state index in [9.17, 15) is 4.39 Å². The molecule has 1 unspecified atom stereocenters. The standard InChI is InChI=1S/C15H13Br2F/c1-9-3-4-10(2)12(7-9)15(17)11-5-6-14(18)13(16)8-11/h3-8,15H,1-2H3. The summed E-state index contributed by atoms with van der Waals surface area (Å²) in [5.74, 6) is -0.237. The summed E-state index contributed by atoms with van der Waals surface area (Å²) < 4.78 is 13.7. The summed E-state index contributed by atoms with van der Waals surface area (Å²) in [5.41, 5.74) is 4.70. The Balaban J connectivity index is 2.44. The molecule has 0 saturated heterocycles. The zero-order valence-corrected chi connectivity index (χ0v) is 13.3. The van der Waals surface area contributed by atoms with Crippen molar-refractivity contribution in [3.8, 4) is 0 Å². The normalized spacial score (nSPS) is 12.5. The third kappa shape index (κ3) is 2.83. The van der Waals surface area contributed by atoms with Gasteiger partial charge in [-0.2, -0.15) is 0 Å². The first-order valence-corrected chi connectivity index (χ1v) is 7.36. The number of alkyl halides is 1. The van der Waals surface area contributed by atoms with Crippen LogP contribution < -0.4 is 0 Å². The van der Waals surface area contributed by atoms with Crippen molar-refractivity contribution >= 4 is 31.9 Å². The molecule has 0 fully saturated rings. The lowest BCUT2D eigenvalue weighted by Crippen LogP contribution is -1.97. The van der Waals surface area contributed by atoms with E-state index in [1.807, 2.05) is 6.07 Å². The maximum atomic E-state index is 13.2. The van der Waals surface area contributed by atoms with Gasteiger partial charge in [0.1, 0.15) is 5.82 Å². The number of hydrogen-bond acceptors (Lipinski definition) is 0. The first kappa shape index (κ1) is 13.8. The van der Waals surface area contributed by atoms with E-state index < -0.39 is 0 Å². The lowest BCUT2D eigenvalue weighted by atomic mass is 9.98. The van der Waals surface area contributed by atoms with Crippen molar-refractivity contribution in [2.45, 2.75) is 18.7 Å². The van der Waals surface area contributed by atoms with E-state index in [0.29, 0.717) is 4.47 Å². The summed E-state index contributed by atoms with van der Waals surface area (Å²) in [6, 6.07) is 11.5. The van der Waals surface area contributed by atoms with Gasteiger partial charge in [0, 0.05) is 0 Å². The van der Waals surface area contributed by atoms with E-state index in [1.165, 1.54) is 22.8 Å². The smallest absolute Gasteiger partial charge is 0.137 e. The van der Waals surface area contributed by atoms with Crippen molar-refractivity contribution in [1.29, 1.82) is 0 Å². The first-order valence-electron chi connectivity index (χ1n) is 5.65. The molecular weight excluding hydrogens is 359 g/mol. The summed E-state index contributed by atoms with van der Waals surface area (Å²) >= 11 is 6.92. The Bertz CT molecular complexity index is 579. The molecule has 0 saturated carbocycles. The fraction of sp³-hybridized carbons (Fsp3) is 0.200. The van der Waals surface area contributed by atoms with Gasteiger partial charge in [0.2, 0.25) is 0 Å². The highest BCUT2D eigenvalue weighted by Gasteiger charge is 2.14. The van der Waals surface area contributed by atoms with Crippen LogP contribution in [0.15, 0.2) is 40.9 Å². The van der Waals surface area contributed by atoms with E-state index in [-0.39, 0.29) is 10.6 Å². The minimum Gasteiger partial charge on any atom is -0.206 e. The van der Waals surface area contributed by atoms with Crippen LogP contribution in [0.5, 0.6) is 0 Å². The fourth-order valence-corrected chi connectivity index (χ4v) is 3.06. The Hall–Kier alpha value is -0.670. The van der Waals surface area contributed by atoms with Crippen LogP contribution in [0.2, 0.25) is 0 Å². The van der Waals surface area contributed by atoms with Crippen molar-refractivity contribution in [2.75, 3.05) is 0 Å². The lowest BCUT2D eigenvalue weighted by Gasteiger charge is -2.15. The molecule has 0 heterocycles. The Morgan fingerprint density at radius 2 is 1.78 bits per heavy atom. The Morgan fingerprint density at radius 1 is 1.06 bits per heavy atom. The monoisotopic (exact) mass is 370 g/mol. The van der Waals surface area contributed by atoms with Crippen LogP contribution in [-0.4, -0.2) is 0 Å². The second-order valence-corrected chi connectivity index (χ2v) is 6.17. The number of aryl methyl sites for hydroxylation is 2. The summed E-state index contributed by atoms with van der Waals surface area (Å²) in [7, 11) is 0. The highest BCUT2D eigenvalue weighted by molar-refractivity contribution is 9.10. The number of benzene rings is 2. The fourth-order valence-electron chi connectivity index (χ4n) is 1.88. The van der Waals surface area contributed by atoms with Crippen molar-refractivity contribution in [3.63, 3.8) is 0 Å². The number of rotatable bonds is 2. The molecule has 0 aromatic heterocycles. The van der Waals surface area contributed by atoms with Gasteiger partial charge in [-0.25, -0.2) is 4.39 Å². The molecule has 3 heteroatoms. The van der Waals surface area contributed by atoms with Crippen LogP contribution in [0.1, 0.15) is 27.1 Å². The molecule has 0 nitrogen and oxygen atoms in total. The van der Waals surface area contributed by atoms with Gasteiger partial charge in [0.05, 0.1) is 9.30 Å². The van der Waals surface area contributed by atoms with E-state index in [0.717, 1.165) is 5.56 Å². The molecule has 0 aliphatic carbocycles. The molecule has 0 N–H and O–H groups in total. The maximum Gasteiger partial charge on any atom is 0.137 e. The second-order valence-electron chi connectivity index (χ2n) is 4.40. The molecule has 0 bridgehead atoms. The highest BCUT2D eigenvalue weighted by Crippen LogP contribution is 2.34. The van der Waals surface area contributed by atoms with Gasteiger partial charge in [0.15, 0.2) is 0 Å². The zero-order valence-electron chi connectivity index (χ0n) is 10.2. The van der Waals surface area contributed by atoms with Gasteiger partial charge in [-0.1, -0.05) is 45.8 Å². The molecule has 0 aliphatic heterocycles. The molecule has 0 amide bonds. The molecule has 94 valence electrons. The predicted octanol–water partition coefficient (Wildman–Crippen LogP) is 5.69. The molecule has 18 heavy (non-hydrogen) atoms. The molecule has 0 radical (unpaired) electrons. The summed E-state index contributed by atoms with van der Waals surface area (Å²) in [6.45, 7) is 4.16. The minimum absolute atomic E-state index is 0.0781. The average molecular weight is 372 g/mol. The van der Waals surface area contributed by atoms with Crippen LogP contribution in [0.3, 0.4) is 0 Å². The Morgan fingerprint density at radius 3 is 2.44 bits per heavy atom. The van der Waals surface area contributed by atoms with Gasteiger partial charge in [-0.05, 0) is 58.6 Å². The quantitative estimate of drug-likeness (QED) is 0.595. The second kappa shape index (κ2) is 5.54. The largest absolute Gasteiger partial charge is 0.206 e. The van der Waals surface area contributed by atoms with Crippen molar-refractivity contribution in [1.82, 2.24) is 0 Å². The molecule has 2 aromatic rings. The van der Waals surface area contributed by atoms with Gasteiger partial charge in [0.25, 0.3) is 0 Å². The summed E-state index contributed by atoms with van der Waals surface area (Å²) in [6.07, 6.45) is 0. The number of hydrogen-bond donors (Lipinski definition) is 0. The predicted molar refractivity (Wildman–Crippen MR) is 80.8 cm³/mol. The van der Waals surface area contributed by atoms with E-state index in [1.54, 1.807) is 6.07 Å². The molecule has 0 aliphatic rings. The van der Waals surface area contributed by atoms with Crippen molar-refractivity contribution < 1.29 is 4.39 Å². The van der Waals surface area contributed by atoms with Gasteiger partial charge >= 0.3 is 0 Å². The Labute approximate surface area is 123 Å². The molecule has 2 aromatic carbocycles. The third-order valence-corrected chi connectivity index (χ3v) is 4.57. The van der Waals surface area contributed by atoms with E-state index in [4.69, 9.17) is 0 Å². The van der Waals surface area contributed by atoms with Crippen LogP contribution in [0.4, 0.5) is 4.39 Å². The maximum absolute atomic E-state index is 13.2. The van der Waals surface area contributed by atoms with Crippen molar-refractivity contribution in [3.05, 3.63) is 68.9 Å². The first-order chi connectivity index (χ1) is 8.49. The van der Waals surface area contributed by atoms with Crippen LogP contribution in [-0.2, 0) is 0 Å². The molecule has 1 atom stereocenters. The Kier molecular flexibility index (Phi) is 4.23. The highest BCUT2D eigenvalue weighted by atomic mass is 79.9. The van der Waals surface area contributed by atoms with E-state index >= 15 is 0 Å². The topological polar surface area (TPSA) is 0 Å². The summed E-state index contributed by atoms with van der Waals surface area (Å²) in [5, 5.41) is 0. The molecule has 2 rings (SSSR count). The average Bonchev–Trinajstić information content (AvgIpc) is 2.35. The van der Waals surface area contributed by atoms with Crippen molar-refractivity contribution in [2.24, 2.45) is 0 Å². The van der Waals surface area contributed by atoms with Crippen LogP contribution in [0.25, 0.3) is 0 Å². The van der Waals surface area contributed by atoms with Crippen LogP contribution in [0, 0.1) is 19.7 Å². The van der Waals surface area contributed by atoms with Gasteiger partial charge in [-0.15, -0.1) is 0 Å². The number of halogens is 3. The van der Waals surface area contributed by atoms with Gasteiger partial charge in [-0.3, -0.25) is 0 Å². The zero-order chi connectivity index (χ0) is 13.3. The SMILES string of the molecule is Cc1ccc(C)c(C(Br)c2ccc(F)c(Br)c2)c1. The summed E-state index contributed by atoms with van der Waals surface area (Å²) in [4.78, 5) is 0.0781. The third-order valence-electron chi connectivity index (χ3n) is 2.94.